The molecule has 2 aromatic heterocycles. The second-order valence-electron chi connectivity index (χ2n) is 5.40. The third-order valence-electron chi connectivity index (χ3n) is 3.32. The standard InChI is InChI=1S/C14H13BrNO5PSe/c1-16(2)6-10-11(15)8-4-3-7-5-9(22(18,19)20)14(17)21-12(7)13(8)23-10/h3-5H,6H2,1-2H3,(H2,18,19,20). The molecule has 0 bridgehead atoms. The molecule has 0 radical (unpaired) electrons. The number of rotatable bonds is 3. The molecule has 3 rings (SSSR count). The Balaban J connectivity index is 2.34. The van der Waals surface area contributed by atoms with Crippen molar-refractivity contribution in [2.75, 3.05) is 14.1 Å². The predicted molar refractivity (Wildman–Crippen MR) is 93.7 cm³/mol. The van der Waals surface area contributed by atoms with Crippen LogP contribution < -0.4 is 10.9 Å². The quantitative estimate of drug-likeness (QED) is 0.348. The fourth-order valence-corrected chi connectivity index (χ4v) is 6.82. The van der Waals surface area contributed by atoms with Crippen LogP contribution in [0.3, 0.4) is 0 Å². The van der Waals surface area contributed by atoms with Crippen molar-refractivity contribution in [3.63, 3.8) is 0 Å². The molecular weight excluding hydrogens is 452 g/mol. The van der Waals surface area contributed by atoms with Crippen molar-refractivity contribution in [1.29, 1.82) is 0 Å². The normalized spacial score (nSPS) is 12.6. The SMILES string of the molecule is CN(C)Cc1[se]c2c(ccc3cc(P(=O)(O)O)c(=O)oc32)c1Br. The van der Waals surface area contributed by atoms with Gasteiger partial charge in [-0.05, 0) is 0 Å². The Kier molecular flexibility index (Phi) is 4.44. The Morgan fingerprint density at radius 3 is 2.65 bits per heavy atom. The summed E-state index contributed by atoms with van der Waals surface area (Å²) in [5.74, 6) is 0. The van der Waals surface area contributed by atoms with E-state index in [2.05, 4.69) is 20.8 Å². The van der Waals surface area contributed by atoms with Gasteiger partial charge in [0.05, 0.1) is 0 Å². The molecule has 0 amide bonds. The molecule has 1 aromatic carbocycles. The maximum atomic E-state index is 11.9. The summed E-state index contributed by atoms with van der Waals surface area (Å²) in [5.41, 5.74) is -0.567. The van der Waals surface area contributed by atoms with Crippen LogP contribution in [0.2, 0.25) is 0 Å². The summed E-state index contributed by atoms with van der Waals surface area (Å²) in [7, 11) is -0.684. The third-order valence-corrected chi connectivity index (χ3v) is 8.25. The topological polar surface area (TPSA) is 91.0 Å². The fourth-order valence-electron chi connectivity index (χ4n) is 2.33. The first kappa shape index (κ1) is 17.1. The van der Waals surface area contributed by atoms with Crippen LogP contribution in [0.5, 0.6) is 0 Å². The molecule has 0 aliphatic rings. The van der Waals surface area contributed by atoms with E-state index in [0.717, 1.165) is 20.7 Å². The molecule has 0 aliphatic carbocycles. The Hall–Kier alpha value is -0.721. The summed E-state index contributed by atoms with van der Waals surface area (Å²) in [6, 6.07) is 4.83. The van der Waals surface area contributed by atoms with Crippen molar-refractivity contribution in [3.8, 4) is 0 Å². The number of benzene rings is 1. The Labute approximate surface area is 145 Å². The van der Waals surface area contributed by atoms with Crippen LogP contribution in [0.15, 0.2) is 31.9 Å². The monoisotopic (exact) mass is 465 g/mol. The Bertz CT molecular complexity index is 1020. The molecule has 0 aliphatic heterocycles. The van der Waals surface area contributed by atoms with Crippen molar-refractivity contribution in [3.05, 3.63) is 37.5 Å². The van der Waals surface area contributed by atoms with Gasteiger partial charge in [-0.15, -0.1) is 0 Å². The third kappa shape index (κ3) is 3.13. The van der Waals surface area contributed by atoms with E-state index in [1.165, 1.54) is 10.5 Å². The molecule has 122 valence electrons. The minimum atomic E-state index is -4.65. The van der Waals surface area contributed by atoms with E-state index in [4.69, 9.17) is 4.42 Å². The molecule has 0 unspecified atom stereocenters. The molecule has 3 aromatic rings. The maximum absolute atomic E-state index is 11.9. The molecule has 0 fully saturated rings. The van der Waals surface area contributed by atoms with E-state index < -0.39 is 18.5 Å². The number of halogens is 1. The van der Waals surface area contributed by atoms with E-state index in [-0.39, 0.29) is 14.5 Å². The van der Waals surface area contributed by atoms with Gasteiger partial charge in [-0.3, -0.25) is 0 Å². The van der Waals surface area contributed by atoms with Gasteiger partial charge < -0.3 is 0 Å². The first-order valence-electron chi connectivity index (χ1n) is 6.57. The molecule has 0 saturated heterocycles. The molecule has 2 N–H and O–H groups in total. The van der Waals surface area contributed by atoms with Crippen molar-refractivity contribution < 1.29 is 18.8 Å². The first-order valence-corrected chi connectivity index (χ1v) is 10.7. The van der Waals surface area contributed by atoms with Crippen molar-refractivity contribution in [2.24, 2.45) is 0 Å². The number of fused-ring (bicyclic) bond motifs is 3. The zero-order chi connectivity index (χ0) is 16.9. The molecule has 6 nitrogen and oxygen atoms in total. The molecular formula is C14H13BrNO5PSe. The average Bonchev–Trinajstić information content (AvgIpc) is 2.74. The van der Waals surface area contributed by atoms with Gasteiger partial charge in [0.25, 0.3) is 0 Å². The minimum absolute atomic E-state index is 0.0163. The summed E-state index contributed by atoms with van der Waals surface area (Å²) in [6.45, 7) is 0.793. The first-order chi connectivity index (χ1) is 10.7. The second kappa shape index (κ2) is 5.97. The summed E-state index contributed by atoms with van der Waals surface area (Å²) in [5, 5.41) is 0.896. The van der Waals surface area contributed by atoms with E-state index in [0.29, 0.717) is 11.0 Å². The summed E-state index contributed by atoms with van der Waals surface area (Å²) in [4.78, 5) is 32.5. The zero-order valence-corrected chi connectivity index (χ0v) is 16.4. The molecule has 2 heterocycles. The van der Waals surface area contributed by atoms with Crippen molar-refractivity contribution in [2.45, 2.75) is 6.54 Å². The van der Waals surface area contributed by atoms with Crippen LogP contribution in [0.25, 0.3) is 20.6 Å². The van der Waals surface area contributed by atoms with Gasteiger partial charge in [0.15, 0.2) is 0 Å². The second-order valence-corrected chi connectivity index (χ2v) is 10.1. The van der Waals surface area contributed by atoms with Crippen LogP contribution in [-0.2, 0) is 11.1 Å². The van der Waals surface area contributed by atoms with E-state index >= 15 is 0 Å². The van der Waals surface area contributed by atoms with Crippen LogP contribution >= 0.6 is 23.5 Å². The van der Waals surface area contributed by atoms with Gasteiger partial charge >= 0.3 is 146 Å². The van der Waals surface area contributed by atoms with Gasteiger partial charge in [-0.2, -0.15) is 0 Å². The number of hydrogen-bond donors (Lipinski definition) is 2. The molecule has 0 saturated carbocycles. The van der Waals surface area contributed by atoms with E-state index in [1.54, 1.807) is 6.07 Å². The Morgan fingerprint density at radius 1 is 1.35 bits per heavy atom. The summed E-state index contributed by atoms with van der Waals surface area (Å²) < 4.78 is 19.8. The van der Waals surface area contributed by atoms with Crippen LogP contribution in [0.4, 0.5) is 0 Å². The van der Waals surface area contributed by atoms with Gasteiger partial charge in [0.1, 0.15) is 0 Å². The average molecular weight is 465 g/mol. The van der Waals surface area contributed by atoms with Crippen molar-refractivity contribution >= 4 is 63.9 Å². The predicted octanol–water partition coefficient (Wildman–Crippen LogP) is 1.63. The molecule has 23 heavy (non-hydrogen) atoms. The fraction of sp³-hybridized carbons (Fsp3) is 0.214. The van der Waals surface area contributed by atoms with Gasteiger partial charge in [0.2, 0.25) is 0 Å². The van der Waals surface area contributed by atoms with E-state index in [1.807, 2.05) is 20.2 Å². The van der Waals surface area contributed by atoms with Crippen LogP contribution in [0.1, 0.15) is 4.44 Å². The van der Waals surface area contributed by atoms with Gasteiger partial charge in [0, 0.05) is 0 Å². The zero-order valence-electron chi connectivity index (χ0n) is 12.2. The Morgan fingerprint density at radius 2 is 2.04 bits per heavy atom. The van der Waals surface area contributed by atoms with Gasteiger partial charge in [-0.25, -0.2) is 0 Å². The number of hydrogen-bond acceptors (Lipinski definition) is 4. The number of nitrogens with zero attached hydrogens (tertiary/aromatic N) is 1. The summed E-state index contributed by atoms with van der Waals surface area (Å²) >= 11 is 3.59. The van der Waals surface area contributed by atoms with Crippen LogP contribution in [0, 0.1) is 0 Å². The van der Waals surface area contributed by atoms with Gasteiger partial charge in [-0.1, -0.05) is 0 Å². The van der Waals surface area contributed by atoms with E-state index in [9.17, 15) is 19.1 Å². The summed E-state index contributed by atoms with van der Waals surface area (Å²) in [6.07, 6.45) is 0. The molecule has 9 heteroatoms. The van der Waals surface area contributed by atoms with Crippen molar-refractivity contribution in [1.82, 2.24) is 4.90 Å². The molecule has 0 atom stereocenters. The molecule has 0 spiro atoms. The van der Waals surface area contributed by atoms with Crippen LogP contribution in [-0.4, -0.2) is 43.3 Å².